The van der Waals surface area contributed by atoms with Crippen LogP contribution in [0.4, 0.5) is 0 Å². The summed E-state index contributed by atoms with van der Waals surface area (Å²) >= 11 is 1.72. The van der Waals surface area contributed by atoms with Gasteiger partial charge in [-0.15, -0.1) is 11.8 Å². The van der Waals surface area contributed by atoms with Crippen LogP contribution in [0.5, 0.6) is 11.5 Å². The Labute approximate surface area is 128 Å². The van der Waals surface area contributed by atoms with E-state index in [0.29, 0.717) is 13.2 Å². The molecule has 0 amide bonds. The predicted molar refractivity (Wildman–Crippen MR) is 84.0 cm³/mol. The van der Waals surface area contributed by atoms with Crippen LogP contribution in [0, 0.1) is 0 Å². The molecule has 2 aromatic rings. The average molecular weight is 302 g/mol. The molecule has 110 valence electrons. The number of benzene rings is 1. The lowest BCUT2D eigenvalue weighted by Crippen LogP contribution is -2.17. The van der Waals surface area contributed by atoms with Gasteiger partial charge in [0.05, 0.1) is 5.69 Å². The largest absolute Gasteiger partial charge is 0.486 e. The van der Waals surface area contributed by atoms with Gasteiger partial charge in [-0.3, -0.25) is 4.98 Å². The van der Waals surface area contributed by atoms with Gasteiger partial charge >= 0.3 is 0 Å². The standard InChI is InChI=1S/C16H18N2O2S/c1-21-16-9-15-14(19-6-7-20-15)8-12(16)10-17-11-13-4-2-3-5-18-13/h2-5,8-9,17H,6-7,10-11H2,1H3. The van der Waals surface area contributed by atoms with E-state index in [1.165, 1.54) is 10.5 Å². The third kappa shape index (κ3) is 3.49. The van der Waals surface area contributed by atoms with Gasteiger partial charge in [0.1, 0.15) is 13.2 Å². The number of hydrogen-bond donors (Lipinski definition) is 1. The van der Waals surface area contributed by atoms with Crippen LogP contribution in [0.25, 0.3) is 0 Å². The van der Waals surface area contributed by atoms with Gasteiger partial charge in [0.2, 0.25) is 0 Å². The van der Waals surface area contributed by atoms with Gasteiger partial charge in [0.15, 0.2) is 11.5 Å². The third-order valence-corrected chi connectivity index (χ3v) is 4.11. The number of pyridine rings is 1. The van der Waals surface area contributed by atoms with Crippen molar-refractivity contribution < 1.29 is 9.47 Å². The summed E-state index contributed by atoms with van der Waals surface area (Å²) in [6, 6.07) is 10.1. The summed E-state index contributed by atoms with van der Waals surface area (Å²) in [5, 5.41) is 3.43. The van der Waals surface area contributed by atoms with E-state index in [-0.39, 0.29) is 0 Å². The molecule has 0 aliphatic carbocycles. The van der Waals surface area contributed by atoms with Gasteiger partial charge in [-0.1, -0.05) is 6.07 Å². The Bertz CT molecular complexity index is 605. The van der Waals surface area contributed by atoms with Crippen LogP contribution in [0.2, 0.25) is 0 Å². The molecule has 0 radical (unpaired) electrons. The molecule has 0 bridgehead atoms. The second-order valence-electron chi connectivity index (χ2n) is 4.73. The summed E-state index contributed by atoms with van der Waals surface area (Å²) in [6.45, 7) is 2.77. The van der Waals surface area contributed by atoms with Gasteiger partial charge < -0.3 is 14.8 Å². The first-order valence-corrected chi connectivity index (χ1v) is 8.16. The van der Waals surface area contributed by atoms with E-state index in [4.69, 9.17) is 9.47 Å². The van der Waals surface area contributed by atoms with Crippen molar-refractivity contribution in [2.24, 2.45) is 0 Å². The Morgan fingerprint density at radius 2 is 1.95 bits per heavy atom. The maximum Gasteiger partial charge on any atom is 0.162 e. The van der Waals surface area contributed by atoms with Crippen molar-refractivity contribution in [3.05, 3.63) is 47.8 Å². The van der Waals surface area contributed by atoms with E-state index in [1.54, 1.807) is 11.8 Å². The third-order valence-electron chi connectivity index (χ3n) is 3.29. The first kappa shape index (κ1) is 14.2. The molecule has 1 aliphatic heterocycles. The molecule has 0 fully saturated rings. The highest BCUT2D eigenvalue weighted by Crippen LogP contribution is 2.36. The lowest BCUT2D eigenvalue weighted by atomic mass is 10.2. The fourth-order valence-corrected chi connectivity index (χ4v) is 2.89. The number of fused-ring (bicyclic) bond motifs is 1. The Kier molecular flexibility index (Phi) is 4.62. The minimum absolute atomic E-state index is 0.617. The molecule has 1 aromatic heterocycles. The molecule has 5 heteroatoms. The van der Waals surface area contributed by atoms with E-state index in [0.717, 1.165) is 30.3 Å². The predicted octanol–water partition coefficient (Wildman–Crippen LogP) is 2.86. The van der Waals surface area contributed by atoms with E-state index >= 15 is 0 Å². The summed E-state index contributed by atoms with van der Waals surface area (Å²) in [5.41, 5.74) is 2.27. The molecule has 0 saturated heterocycles. The van der Waals surface area contributed by atoms with Crippen LogP contribution in [0.15, 0.2) is 41.4 Å². The van der Waals surface area contributed by atoms with Gasteiger partial charge in [0, 0.05) is 24.2 Å². The highest BCUT2D eigenvalue weighted by Gasteiger charge is 2.15. The van der Waals surface area contributed by atoms with Crippen molar-refractivity contribution in [1.82, 2.24) is 10.3 Å². The molecule has 0 unspecified atom stereocenters. The molecule has 1 N–H and O–H groups in total. The zero-order chi connectivity index (χ0) is 14.5. The Balaban J connectivity index is 1.69. The molecule has 1 aliphatic rings. The number of hydrogen-bond acceptors (Lipinski definition) is 5. The molecule has 2 heterocycles. The minimum atomic E-state index is 0.617. The lowest BCUT2D eigenvalue weighted by molar-refractivity contribution is 0.171. The second kappa shape index (κ2) is 6.83. The zero-order valence-electron chi connectivity index (χ0n) is 12.0. The van der Waals surface area contributed by atoms with E-state index in [2.05, 4.69) is 28.7 Å². The second-order valence-corrected chi connectivity index (χ2v) is 5.58. The Morgan fingerprint density at radius 1 is 1.14 bits per heavy atom. The Morgan fingerprint density at radius 3 is 2.67 bits per heavy atom. The van der Waals surface area contributed by atoms with Crippen LogP contribution in [-0.2, 0) is 13.1 Å². The molecule has 3 rings (SSSR count). The van der Waals surface area contributed by atoms with E-state index < -0.39 is 0 Å². The summed E-state index contributed by atoms with van der Waals surface area (Å²) < 4.78 is 11.3. The summed E-state index contributed by atoms with van der Waals surface area (Å²) in [7, 11) is 0. The first-order valence-electron chi connectivity index (χ1n) is 6.94. The lowest BCUT2D eigenvalue weighted by Gasteiger charge is -2.21. The zero-order valence-corrected chi connectivity index (χ0v) is 12.8. The van der Waals surface area contributed by atoms with Crippen molar-refractivity contribution in [2.75, 3.05) is 19.5 Å². The molecule has 0 atom stereocenters. The van der Waals surface area contributed by atoms with Crippen LogP contribution >= 0.6 is 11.8 Å². The fourth-order valence-electron chi connectivity index (χ4n) is 2.27. The van der Waals surface area contributed by atoms with Crippen molar-refractivity contribution >= 4 is 11.8 Å². The molecule has 0 spiro atoms. The number of thioether (sulfide) groups is 1. The number of nitrogens with zero attached hydrogens (tertiary/aromatic N) is 1. The molecule has 21 heavy (non-hydrogen) atoms. The van der Waals surface area contributed by atoms with Crippen molar-refractivity contribution in [1.29, 1.82) is 0 Å². The molecule has 4 nitrogen and oxygen atoms in total. The SMILES string of the molecule is CSc1cc2c(cc1CNCc1ccccn1)OCCO2. The smallest absolute Gasteiger partial charge is 0.162 e. The minimum Gasteiger partial charge on any atom is -0.486 e. The number of rotatable bonds is 5. The summed E-state index contributed by atoms with van der Waals surface area (Å²) in [4.78, 5) is 5.53. The van der Waals surface area contributed by atoms with Crippen LogP contribution in [0.3, 0.4) is 0 Å². The van der Waals surface area contributed by atoms with Crippen LogP contribution < -0.4 is 14.8 Å². The monoisotopic (exact) mass is 302 g/mol. The van der Waals surface area contributed by atoms with E-state index in [9.17, 15) is 0 Å². The molecule has 0 saturated carbocycles. The summed E-state index contributed by atoms with van der Waals surface area (Å²) in [5.74, 6) is 1.69. The maximum atomic E-state index is 5.65. The number of aromatic nitrogens is 1. The molecule has 1 aromatic carbocycles. The maximum absolute atomic E-state index is 5.65. The highest BCUT2D eigenvalue weighted by molar-refractivity contribution is 7.98. The van der Waals surface area contributed by atoms with Crippen molar-refractivity contribution in [3.63, 3.8) is 0 Å². The molecular weight excluding hydrogens is 284 g/mol. The van der Waals surface area contributed by atoms with Crippen LogP contribution in [0.1, 0.15) is 11.3 Å². The first-order chi connectivity index (χ1) is 10.4. The molecular formula is C16H18N2O2S. The Hall–Kier alpha value is -1.72. The van der Waals surface area contributed by atoms with Gasteiger partial charge in [-0.25, -0.2) is 0 Å². The summed E-state index contributed by atoms with van der Waals surface area (Å²) in [6.07, 6.45) is 3.89. The topological polar surface area (TPSA) is 43.4 Å². The number of ether oxygens (including phenoxy) is 2. The number of nitrogens with one attached hydrogen (secondary N) is 1. The van der Waals surface area contributed by atoms with Crippen molar-refractivity contribution in [2.45, 2.75) is 18.0 Å². The quantitative estimate of drug-likeness (QED) is 0.860. The van der Waals surface area contributed by atoms with Crippen LogP contribution in [-0.4, -0.2) is 24.5 Å². The normalized spacial score (nSPS) is 13.2. The van der Waals surface area contributed by atoms with Gasteiger partial charge in [-0.2, -0.15) is 0 Å². The van der Waals surface area contributed by atoms with E-state index in [1.807, 2.05) is 24.4 Å². The average Bonchev–Trinajstić information content (AvgIpc) is 2.55. The van der Waals surface area contributed by atoms with Crippen molar-refractivity contribution in [3.8, 4) is 11.5 Å². The van der Waals surface area contributed by atoms with Gasteiger partial charge in [-0.05, 0) is 36.1 Å². The van der Waals surface area contributed by atoms with Gasteiger partial charge in [0.25, 0.3) is 0 Å². The highest BCUT2D eigenvalue weighted by atomic mass is 32.2. The fraction of sp³-hybridized carbons (Fsp3) is 0.312.